The van der Waals surface area contributed by atoms with E-state index in [0.717, 1.165) is 12.5 Å². The van der Waals surface area contributed by atoms with Crippen LogP contribution in [0.5, 0.6) is 0 Å². The standard InChI is InChI=1S/C6H13N.CH2O3/c7-5-6-3-1-2-4-6;2-1(3)4/h6H,1-5,7H2;(H2,2,3,4). The summed E-state index contributed by atoms with van der Waals surface area (Å²) >= 11 is 0. The maximum atomic E-state index is 8.56. The van der Waals surface area contributed by atoms with Crippen LogP contribution in [0.1, 0.15) is 25.7 Å². The van der Waals surface area contributed by atoms with Gasteiger partial charge >= 0.3 is 6.16 Å². The molecule has 11 heavy (non-hydrogen) atoms. The minimum atomic E-state index is -1.83. The Kier molecular flexibility index (Phi) is 5.56. The van der Waals surface area contributed by atoms with Crippen LogP contribution >= 0.6 is 0 Å². The Morgan fingerprint density at radius 3 is 1.91 bits per heavy atom. The number of rotatable bonds is 1. The van der Waals surface area contributed by atoms with E-state index < -0.39 is 6.16 Å². The summed E-state index contributed by atoms with van der Waals surface area (Å²) in [4.78, 5) is 8.56. The third-order valence-electron chi connectivity index (χ3n) is 1.81. The van der Waals surface area contributed by atoms with Crippen LogP contribution in [-0.2, 0) is 0 Å². The first kappa shape index (κ1) is 10.2. The van der Waals surface area contributed by atoms with Gasteiger partial charge in [-0.3, -0.25) is 0 Å². The topological polar surface area (TPSA) is 83.6 Å². The average Bonchev–Trinajstić information content (AvgIpc) is 2.36. The van der Waals surface area contributed by atoms with Crippen LogP contribution in [0, 0.1) is 5.92 Å². The summed E-state index contributed by atoms with van der Waals surface area (Å²) in [5.74, 6) is 0.875. The Bertz CT molecular complexity index is 106. The molecular formula is C7H15NO3. The van der Waals surface area contributed by atoms with Crippen LogP contribution in [-0.4, -0.2) is 22.9 Å². The van der Waals surface area contributed by atoms with Crippen molar-refractivity contribution in [2.24, 2.45) is 11.7 Å². The second-order valence-electron chi connectivity index (χ2n) is 2.67. The quantitative estimate of drug-likeness (QED) is 0.542. The Hall–Kier alpha value is -0.770. The molecule has 4 nitrogen and oxygen atoms in total. The summed E-state index contributed by atoms with van der Waals surface area (Å²) in [7, 11) is 0. The highest BCUT2D eigenvalue weighted by molar-refractivity contribution is 5.53. The lowest BCUT2D eigenvalue weighted by atomic mass is 10.1. The lowest BCUT2D eigenvalue weighted by molar-refractivity contribution is 0.137. The molecule has 0 aromatic rings. The van der Waals surface area contributed by atoms with Crippen LogP contribution in [0.15, 0.2) is 0 Å². The van der Waals surface area contributed by atoms with Crippen LogP contribution in [0.3, 0.4) is 0 Å². The third kappa shape index (κ3) is 7.12. The van der Waals surface area contributed by atoms with Gasteiger partial charge in [-0.15, -0.1) is 0 Å². The molecular weight excluding hydrogens is 146 g/mol. The van der Waals surface area contributed by atoms with E-state index >= 15 is 0 Å². The third-order valence-corrected chi connectivity index (χ3v) is 1.81. The molecule has 0 radical (unpaired) electrons. The molecule has 1 aliphatic rings. The minimum Gasteiger partial charge on any atom is -0.450 e. The lowest BCUT2D eigenvalue weighted by Gasteiger charge is -1.99. The predicted molar refractivity (Wildman–Crippen MR) is 41.7 cm³/mol. The molecule has 1 rings (SSSR count). The SMILES string of the molecule is NCC1CCCC1.O=C(O)O. The van der Waals surface area contributed by atoms with Gasteiger partial charge in [0.1, 0.15) is 0 Å². The van der Waals surface area contributed by atoms with Crippen LogP contribution in [0.25, 0.3) is 0 Å². The number of hydrogen-bond acceptors (Lipinski definition) is 2. The van der Waals surface area contributed by atoms with Gasteiger partial charge in [0.05, 0.1) is 0 Å². The first-order valence-electron chi connectivity index (χ1n) is 3.78. The van der Waals surface area contributed by atoms with Crippen LogP contribution in [0.4, 0.5) is 4.79 Å². The highest BCUT2D eigenvalue weighted by Crippen LogP contribution is 2.22. The van der Waals surface area contributed by atoms with Crippen molar-refractivity contribution >= 4 is 6.16 Å². The van der Waals surface area contributed by atoms with E-state index in [1.54, 1.807) is 0 Å². The van der Waals surface area contributed by atoms with Gasteiger partial charge < -0.3 is 15.9 Å². The van der Waals surface area contributed by atoms with Gasteiger partial charge in [0.25, 0.3) is 0 Å². The molecule has 0 atom stereocenters. The average molecular weight is 161 g/mol. The van der Waals surface area contributed by atoms with Crippen molar-refractivity contribution in [2.45, 2.75) is 25.7 Å². The molecule has 1 saturated carbocycles. The normalized spacial score (nSPS) is 17.2. The number of carbonyl (C=O) groups is 1. The molecule has 1 fully saturated rings. The van der Waals surface area contributed by atoms with E-state index in [0.29, 0.717) is 0 Å². The van der Waals surface area contributed by atoms with Crippen molar-refractivity contribution < 1.29 is 15.0 Å². The molecule has 0 amide bonds. The second kappa shape index (κ2) is 5.97. The van der Waals surface area contributed by atoms with Gasteiger partial charge in [0, 0.05) is 0 Å². The highest BCUT2D eigenvalue weighted by Gasteiger charge is 2.11. The van der Waals surface area contributed by atoms with Crippen LogP contribution in [0.2, 0.25) is 0 Å². The number of carboxylic acid groups (broad SMARTS) is 2. The zero-order valence-electron chi connectivity index (χ0n) is 6.49. The summed E-state index contributed by atoms with van der Waals surface area (Å²) < 4.78 is 0. The highest BCUT2D eigenvalue weighted by atomic mass is 16.6. The number of nitrogens with two attached hydrogens (primary N) is 1. The Labute approximate surface area is 66.0 Å². The summed E-state index contributed by atoms with van der Waals surface area (Å²) in [6.45, 7) is 0.917. The van der Waals surface area contributed by atoms with E-state index in [4.69, 9.17) is 20.7 Å². The zero-order chi connectivity index (χ0) is 8.69. The maximum absolute atomic E-state index is 8.56. The monoisotopic (exact) mass is 161 g/mol. The fourth-order valence-corrected chi connectivity index (χ4v) is 1.25. The van der Waals surface area contributed by atoms with Crippen molar-refractivity contribution in [2.75, 3.05) is 6.54 Å². The molecule has 0 spiro atoms. The van der Waals surface area contributed by atoms with Gasteiger partial charge in [-0.1, -0.05) is 12.8 Å². The maximum Gasteiger partial charge on any atom is 0.503 e. The summed E-state index contributed by atoms with van der Waals surface area (Å²) in [5.41, 5.74) is 5.43. The summed E-state index contributed by atoms with van der Waals surface area (Å²) in [6.07, 6.45) is 3.77. The van der Waals surface area contributed by atoms with Gasteiger partial charge in [-0.25, -0.2) is 4.79 Å². The lowest BCUT2D eigenvalue weighted by Crippen LogP contribution is -2.09. The predicted octanol–water partition coefficient (Wildman–Crippen LogP) is 1.36. The smallest absolute Gasteiger partial charge is 0.450 e. The molecule has 1 aliphatic carbocycles. The first-order valence-corrected chi connectivity index (χ1v) is 3.78. The first-order chi connectivity index (χ1) is 5.16. The fourth-order valence-electron chi connectivity index (χ4n) is 1.25. The Balaban J connectivity index is 0.000000218. The minimum absolute atomic E-state index is 0.875. The van der Waals surface area contributed by atoms with E-state index in [-0.39, 0.29) is 0 Å². The van der Waals surface area contributed by atoms with Gasteiger partial charge in [0.2, 0.25) is 0 Å². The fraction of sp³-hybridized carbons (Fsp3) is 0.857. The molecule has 0 aromatic heterocycles. The molecule has 66 valence electrons. The molecule has 4 heteroatoms. The van der Waals surface area contributed by atoms with Crippen molar-refractivity contribution in [1.29, 1.82) is 0 Å². The molecule has 0 aromatic carbocycles. The molecule has 0 saturated heterocycles. The van der Waals surface area contributed by atoms with E-state index in [1.165, 1.54) is 25.7 Å². The number of hydrogen-bond donors (Lipinski definition) is 3. The molecule has 0 unspecified atom stereocenters. The van der Waals surface area contributed by atoms with Crippen molar-refractivity contribution in [3.05, 3.63) is 0 Å². The van der Waals surface area contributed by atoms with Crippen molar-refractivity contribution in [3.63, 3.8) is 0 Å². The van der Waals surface area contributed by atoms with Crippen molar-refractivity contribution in [1.82, 2.24) is 0 Å². The molecule has 4 N–H and O–H groups in total. The van der Waals surface area contributed by atoms with Gasteiger partial charge in [-0.2, -0.15) is 0 Å². The van der Waals surface area contributed by atoms with Crippen LogP contribution < -0.4 is 5.73 Å². The second-order valence-corrected chi connectivity index (χ2v) is 2.67. The van der Waals surface area contributed by atoms with Gasteiger partial charge in [0.15, 0.2) is 0 Å². The summed E-state index contributed by atoms with van der Waals surface area (Å²) in [5, 5.41) is 13.9. The van der Waals surface area contributed by atoms with E-state index in [9.17, 15) is 0 Å². The molecule has 0 heterocycles. The van der Waals surface area contributed by atoms with Gasteiger partial charge in [-0.05, 0) is 25.3 Å². The summed E-state index contributed by atoms with van der Waals surface area (Å²) in [6, 6.07) is 0. The van der Waals surface area contributed by atoms with Crippen molar-refractivity contribution in [3.8, 4) is 0 Å². The Morgan fingerprint density at radius 1 is 1.36 bits per heavy atom. The van der Waals surface area contributed by atoms with E-state index in [2.05, 4.69) is 0 Å². The molecule has 0 bridgehead atoms. The molecule has 0 aliphatic heterocycles. The Morgan fingerprint density at radius 2 is 1.73 bits per heavy atom. The zero-order valence-corrected chi connectivity index (χ0v) is 6.49. The largest absolute Gasteiger partial charge is 0.503 e. The van der Waals surface area contributed by atoms with E-state index in [1.807, 2.05) is 0 Å².